The van der Waals surface area contributed by atoms with Crippen molar-refractivity contribution in [1.82, 2.24) is 4.90 Å². The summed E-state index contributed by atoms with van der Waals surface area (Å²) in [6, 6.07) is 19.3. The predicted octanol–water partition coefficient (Wildman–Crippen LogP) is 6.73. The Morgan fingerprint density at radius 2 is 1.72 bits per heavy atom. The number of hydrogen-bond donors (Lipinski definition) is 1. The molecule has 4 rings (SSSR count). The van der Waals surface area contributed by atoms with Crippen LogP contribution in [0, 0.1) is 0 Å². The summed E-state index contributed by atoms with van der Waals surface area (Å²) in [5.74, 6) is -0.373. The highest BCUT2D eigenvalue weighted by Crippen LogP contribution is 2.31. The number of urea groups is 1. The number of amides is 3. The van der Waals surface area contributed by atoms with Crippen molar-refractivity contribution in [3.8, 4) is 0 Å². The van der Waals surface area contributed by atoms with Gasteiger partial charge in [0, 0.05) is 30.3 Å². The molecule has 1 aliphatic heterocycles. The van der Waals surface area contributed by atoms with Crippen LogP contribution in [0.2, 0.25) is 15.1 Å². The van der Waals surface area contributed by atoms with Crippen LogP contribution >= 0.6 is 34.8 Å². The Bertz CT molecular complexity index is 1170. The summed E-state index contributed by atoms with van der Waals surface area (Å²) < 4.78 is 0. The number of rotatable bonds is 5. The van der Waals surface area contributed by atoms with Crippen molar-refractivity contribution in [2.75, 3.05) is 23.3 Å². The molecule has 0 aromatic heterocycles. The van der Waals surface area contributed by atoms with E-state index >= 15 is 0 Å². The molecule has 1 aliphatic rings. The number of anilines is 2. The van der Waals surface area contributed by atoms with Gasteiger partial charge in [-0.3, -0.25) is 9.69 Å². The zero-order chi connectivity index (χ0) is 22.7. The lowest BCUT2D eigenvalue weighted by Crippen LogP contribution is -2.49. The fourth-order valence-corrected chi connectivity index (χ4v) is 4.23. The highest BCUT2D eigenvalue weighted by atomic mass is 35.5. The molecule has 0 saturated carbocycles. The summed E-state index contributed by atoms with van der Waals surface area (Å²) in [6.07, 6.45) is 0.816. The molecule has 1 N–H and O–H groups in total. The van der Waals surface area contributed by atoms with Crippen LogP contribution in [0.3, 0.4) is 0 Å². The van der Waals surface area contributed by atoms with E-state index in [9.17, 15) is 9.59 Å². The van der Waals surface area contributed by atoms with Crippen LogP contribution in [0.1, 0.15) is 22.3 Å². The number of nitrogens with zero attached hydrogens (tertiary/aromatic N) is 2. The second-order valence-corrected chi connectivity index (χ2v) is 8.69. The summed E-state index contributed by atoms with van der Waals surface area (Å²) in [6.45, 7) is 1.70. The van der Waals surface area contributed by atoms with E-state index in [1.54, 1.807) is 52.3 Å². The first-order chi connectivity index (χ1) is 15.4. The van der Waals surface area contributed by atoms with Crippen molar-refractivity contribution in [3.05, 3.63) is 92.9 Å². The number of nitrogens with one attached hydrogen (secondary N) is 1. The molecule has 32 heavy (non-hydrogen) atoms. The van der Waals surface area contributed by atoms with Gasteiger partial charge in [-0.1, -0.05) is 59.1 Å². The van der Waals surface area contributed by atoms with Crippen molar-refractivity contribution in [1.29, 1.82) is 0 Å². The van der Waals surface area contributed by atoms with E-state index in [1.165, 1.54) is 0 Å². The zero-order valence-electron chi connectivity index (χ0n) is 17.0. The fraction of sp³-hybridized carbons (Fsp3) is 0.167. The maximum atomic E-state index is 13.2. The highest BCUT2D eigenvalue weighted by molar-refractivity contribution is 6.36. The number of carbonyl (C=O) groups is 2. The number of benzene rings is 3. The van der Waals surface area contributed by atoms with Crippen LogP contribution in [-0.2, 0) is 6.54 Å². The van der Waals surface area contributed by atoms with E-state index < -0.39 is 0 Å². The molecule has 1 fully saturated rings. The fourth-order valence-electron chi connectivity index (χ4n) is 3.64. The predicted molar refractivity (Wildman–Crippen MR) is 130 cm³/mol. The van der Waals surface area contributed by atoms with Gasteiger partial charge in [-0.25, -0.2) is 4.79 Å². The molecule has 0 unspecified atom stereocenters. The molecular weight excluding hydrogens is 469 g/mol. The van der Waals surface area contributed by atoms with Gasteiger partial charge < -0.3 is 10.2 Å². The third-order valence-corrected chi connectivity index (χ3v) is 6.10. The largest absolute Gasteiger partial charge is 0.324 e. The smallest absolute Gasteiger partial charge is 0.321 e. The monoisotopic (exact) mass is 487 g/mol. The Labute approximate surface area is 201 Å². The Kier molecular flexibility index (Phi) is 6.89. The van der Waals surface area contributed by atoms with Gasteiger partial charge in [0.2, 0.25) is 0 Å². The zero-order valence-corrected chi connectivity index (χ0v) is 19.3. The van der Waals surface area contributed by atoms with Crippen molar-refractivity contribution in [3.63, 3.8) is 0 Å². The quantitative estimate of drug-likeness (QED) is 0.433. The highest BCUT2D eigenvalue weighted by Gasteiger charge is 2.27. The molecule has 164 valence electrons. The molecule has 0 bridgehead atoms. The van der Waals surface area contributed by atoms with Crippen molar-refractivity contribution < 1.29 is 9.59 Å². The summed E-state index contributed by atoms with van der Waals surface area (Å²) in [4.78, 5) is 29.3. The third-order valence-electron chi connectivity index (χ3n) is 5.20. The van der Waals surface area contributed by atoms with Crippen LogP contribution in [0.25, 0.3) is 0 Å². The van der Waals surface area contributed by atoms with Gasteiger partial charge in [0.1, 0.15) is 0 Å². The SMILES string of the molecule is O=C(Nc1cc(N2CCCN(Cc3cccc(Cl)c3)C2=O)ccc1Cl)c1ccccc1Cl. The molecule has 1 heterocycles. The van der Waals surface area contributed by atoms with Gasteiger partial charge in [0.05, 0.1) is 21.3 Å². The first-order valence-corrected chi connectivity index (χ1v) is 11.2. The molecule has 0 radical (unpaired) electrons. The minimum absolute atomic E-state index is 0.109. The average molecular weight is 489 g/mol. The lowest BCUT2D eigenvalue weighted by atomic mass is 10.1. The van der Waals surface area contributed by atoms with Crippen LogP contribution in [0.15, 0.2) is 66.7 Å². The van der Waals surface area contributed by atoms with Crippen molar-refractivity contribution in [2.24, 2.45) is 0 Å². The van der Waals surface area contributed by atoms with E-state index in [0.29, 0.717) is 51.6 Å². The molecule has 8 heteroatoms. The van der Waals surface area contributed by atoms with Gasteiger partial charge in [-0.2, -0.15) is 0 Å². The molecule has 0 aliphatic carbocycles. The average Bonchev–Trinajstić information content (AvgIpc) is 2.77. The van der Waals surface area contributed by atoms with E-state index in [4.69, 9.17) is 34.8 Å². The summed E-state index contributed by atoms with van der Waals surface area (Å²) in [5.41, 5.74) is 2.38. The molecule has 0 atom stereocenters. The Balaban J connectivity index is 1.53. The summed E-state index contributed by atoms with van der Waals surface area (Å²) in [5, 5.41) is 4.15. The second-order valence-electron chi connectivity index (χ2n) is 7.44. The molecule has 5 nitrogen and oxygen atoms in total. The molecular formula is C24H20Cl3N3O2. The van der Waals surface area contributed by atoms with Crippen molar-refractivity contribution in [2.45, 2.75) is 13.0 Å². The molecule has 1 saturated heterocycles. The molecule has 3 aromatic rings. The molecule has 3 aromatic carbocycles. The maximum Gasteiger partial charge on any atom is 0.324 e. The Morgan fingerprint density at radius 3 is 2.50 bits per heavy atom. The maximum absolute atomic E-state index is 13.2. The summed E-state index contributed by atoms with van der Waals surface area (Å²) >= 11 is 18.5. The second kappa shape index (κ2) is 9.82. The van der Waals surface area contributed by atoms with Gasteiger partial charge in [0.25, 0.3) is 5.91 Å². The number of carbonyl (C=O) groups excluding carboxylic acids is 2. The third kappa shape index (κ3) is 5.01. The van der Waals surface area contributed by atoms with Crippen LogP contribution in [-0.4, -0.2) is 29.9 Å². The van der Waals surface area contributed by atoms with E-state index in [0.717, 1.165) is 12.0 Å². The number of hydrogen-bond acceptors (Lipinski definition) is 2. The first kappa shape index (κ1) is 22.5. The number of halogens is 3. The lowest BCUT2D eigenvalue weighted by Gasteiger charge is -2.36. The van der Waals surface area contributed by atoms with E-state index in [1.807, 2.05) is 24.3 Å². The Morgan fingerprint density at radius 1 is 0.906 bits per heavy atom. The minimum Gasteiger partial charge on any atom is -0.321 e. The van der Waals surface area contributed by atoms with E-state index in [-0.39, 0.29) is 11.9 Å². The van der Waals surface area contributed by atoms with Crippen LogP contribution in [0.4, 0.5) is 16.2 Å². The standard InChI is InChI=1S/C24H20Cl3N3O2/c25-17-6-3-5-16(13-17)15-29-11-4-12-30(24(29)32)18-9-10-21(27)22(14-18)28-23(31)19-7-1-2-8-20(19)26/h1-3,5-10,13-14H,4,11-12,15H2,(H,28,31). The Hall–Kier alpha value is -2.73. The van der Waals surface area contributed by atoms with Gasteiger partial charge in [-0.05, 0) is 54.4 Å². The first-order valence-electron chi connectivity index (χ1n) is 10.1. The summed E-state index contributed by atoms with van der Waals surface area (Å²) in [7, 11) is 0. The van der Waals surface area contributed by atoms with Crippen molar-refractivity contribution >= 4 is 58.1 Å². The van der Waals surface area contributed by atoms with Gasteiger partial charge in [0.15, 0.2) is 0 Å². The lowest BCUT2D eigenvalue weighted by molar-refractivity contribution is 0.102. The van der Waals surface area contributed by atoms with Gasteiger partial charge >= 0.3 is 6.03 Å². The molecule has 0 spiro atoms. The normalized spacial score (nSPS) is 13.9. The van der Waals surface area contributed by atoms with E-state index in [2.05, 4.69) is 5.32 Å². The molecule has 3 amide bonds. The topological polar surface area (TPSA) is 52.7 Å². The minimum atomic E-state index is -0.373. The van der Waals surface area contributed by atoms with Gasteiger partial charge in [-0.15, -0.1) is 0 Å². The van der Waals surface area contributed by atoms with Crippen LogP contribution < -0.4 is 10.2 Å². The van der Waals surface area contributed by atoms with Crippen LogP contribution in [0.5, 0.6) is 0 Å².